The molecule has 0 aliphatic rings. The Labute approximate surface area is 119 Å². The van der Waals surface area contributed by atoms with Gasteiger partial charge in [-0.25, -0.2) is 4.68 Å². The summed E-state index contributed by atoms with van der Waals surface area (Å²) in [4.78, 5) is 12.0. The third-order valence-corrected chi connectivity index (χ3v) is 3.32. The molecule has 0 saturated carbocycles. The Morgan fingerprint density at radius 1 is 1.40 bits per heavy atom. The minimum absolute atomic E-state index is 0.0401. The van der Waals surface area contributed by atoms with Gasteiger partial charge in [-0.05, 0) is 43.9 Å². The molecule has 0 unspecified atom stereocenters. The van der Waals surface area contributed by atoms with E-state index in [0.717, 1.165) is 37.0 Å². The molecule has 108 valence electrons. The number of carbonyl (C=O) groups is 1. The van der Waals surface area contributed by atoms with Crippen LogP contribution in [0.3, 0.4) is 0 Å². The Bertz CT molecular complexity index is 589. The number of rotatable bonds is 6. The van der Waals surface area contributed by atoms with Crippen molar-refractivity contribution < 1.29 is 4.79 Å². The summed E-state index contributed by atoms with van der Waals surface area (Å²) >= 11 is 0. The van der Waals surface area contributed by atoms with Crippen LogP contribution in [0.1, 0.15) is 44.0 Å². The summed E-state index contributed by atoms with van der Waals surface area (Å²) in [5.41, 5.74) is 2.37. The van der Waals surface area contributed by atoms with Crippen molar-refractivity contribution >= 4 is 16.9 Å². The zero-order valence-electron chi connectivity index (χ0n) is 12.4. The van der Waals surface area contributed by atoms with Crippen LogP contribution in [-0.2, 0) is 6.54 Å². The van der Waals surface area contributed by atoms with E-state index in [1.165, 1.54) is 0 Å². The molecule has 1 aromatic carbocycles. The Morgan fingerprint density at radius 2 is 2.20 bits per heavy atom. The molecular weight excluding hydrogens is 252 g/mol. The molecule has 1 heterocycles. The maximum atomic E-state index is 12.0. The Hall–Kier alpha value is -1.91. The highest BCUT2D eigenvalue weighted by Gasteiger charge is 2.09. The lowest BCUT2D eigenvalue weighted by molar-refractivity contribution is 0.0952. The smallest absolute Gasteiger partial charge is 0.251 e. The van der Waals surface area contributed by atoms with E-state index in [-0.39, 0.29) is 5.91 Å². The van der Waals surface area contributed by atoms with Crippen LogP contribution in [0.15, 0.2) is 18.2 Å². The van der Waals surface area contributed by atoms with Crippen LogP contribution < -0.4 is 5.32 Å². The first-order valence-corrected chi connectivity index (χ1v) is 7.23. The van der Waals surface area contributed by atoms with Crippen LogP contribution in [0.2, 0.25) is 0 Å². The van der Waals surface area contributed by atoms with E-state index in [4.69, 9.17) is 0 Å². The molecule has 0 bridgehead atoms. The van der Waals surface area contributed by atoms with Crippen LogP contribution in [0.5, 0.6) is 0 Å². The van der Waals surface area contributed by atoms with E-state index in [2.05, 4.69) is 29.5 Å². The average Bonchev–Trinajstić information content (AvgIpc) is 2.85. The zero-order chi connectivity index (χ0) is 14.5. The molecule has 0 radical (unpaired) electrons. The summed E-state index contributed by atoms with van der Waals surface area (Å²) in [6, 6.07) is 5.53. The number of aromatic nitrogens is 3. The minimum Gasteiger partial charge on any atom is -0.352 e. The monoisotopic (exact) mass is 274 g/mol. The quantitative estimate of drug-likeness (QED) is 0.824. The third kappa shape index (κ3) is 3.35. The Kier molecular flexibility index (Phi) is 4.71. The van der Waals surface area contributed by atoms with Crippen molar-refractivity contribution in [3.63, 3.8) is 0 Å². The molecule has 20 heavy (non-hydrogen) atoms. The molecule has 5 nitrogen and oxygen atoms in total. The van der Waals surface area contributed by atoms with Crippen molar-refractivity contribution in [1.82, 2.24) is 20.3 Å². The van der Waals surface area contributed by atoms with E-state index >= 15 is 0 Å². The highest BCUT2D eigenvalue weighted by molar-refractivity contribution is 5.97. The Morgan fingerprint density at radius 3 is 2.90 bits per heavy atom. The second-order valence-electron chi connectivity index (χ2n) is 5.40. The van der Waals surface area contributed by atoms with Crippen molar-refractivity contribution in [2.24, 2.45) is 5.92 Å². The molecule has 0 atom stereocenters. The van der Waals surface area contributed by atoms with E-state index in [9.17, 15) is 4.79 Å². The largest absolute Gasteiger partial charge is 0.352 e. The summed E-state index contributed by atoms with van der Waals surface area (Å²) < 4.78 is 1.82. The van der Waals surface area contributed by atoms with Crippen LogP contribution in [0.25, 0.3) is 11.0 Å². The van der Waals surface area contributed by atoms with Gasteiger partial charge in [-0.2, -0.15) is 0 Å². The van der Waals surface area contributed by atoms with Crippen LogP contribution in [0, 0.1) is 5.92 Å². The van der Waals surface area contributed by atoms with Gasteiger partial charge in [-0.1, -0.05) is 19.1 Å². The van der Waals surface area contributed by atoms with Gasteiger partial charge >= 0.3 is 0 Å². The fourth-order valence-corrected chi connectivity index (χ4v) is 2.16. The maximum absolute atomic E-state index is 12.0. The zero-order valence-corrected chi connectivity index (χ0v) is 12.4. The lowest BCUT2D eigenvalue weighted by Gasteiger charge is -2.07. The number of carbonyl (C=O) groups excluding carboxylic acids is 1. The molecule has 0 saturated heterocycles. The molecule has 1 amide bonds. The highest BCUT2D eigenvalue weighted by Crippen LogP contribution is 2.13. The third-order valence-electron chi connectivity index (χ3n) is 3.32. The molecular formula is C15H22N4O. The van der Waals surface area contributed by atoms with Crippen molar-refractivity contribution in [3.05, 3.63) is 23.8 Å². The number of fused-ring (bicyclic) bond motifs is 1. The fraction of sp³-hybridized carbons (Fsp3) is 0.533. The predicted octanol–water partition coefficient (Wildman–Crippen LogP) is 2.62. The SMILES string of the molecule is CCn1nnc2cc(C(=O)NCCCC(C)C)ccc21. The molecule has 0 fully saturated rings. The summed E-state index contributed by atoms with van der Waals surface area (Å²) in [7, 11) is 0. The Balaban J connectivity index is 2.00. The number of benzene rings is 1. The van der Waals surface area contributed by atoms with Gasteiger partial charge in [0.2, 0.25) is 0 Å². The van der Waals surface area contributed by atoms with E-state index in [1.807, 2.05) is 23.7 Å². The number of hydrogen-bond donors (Lipinski definition) is 1. The van der Waals surface area contributed by atoms with Gasteiger partial charge in [0.25, 0.3) is 5.91 Å². The summed E-state index contributed by atoms with van der Waals surface area (Å²) in [6.45, 7) is 7.89. The first-order chi connectivity index (χ1) is 9.61. The normalized spacial score (nSPS) is 11.2. The van der Waals surface area contributed by atoms with Gasteiger partial charge in [-0.15, -0.1) is 5.10 Å². The molecule has 0 aliphatic carbocycles. The van der Waals surface area contributed by atoms with Crippen LogP contribution in [0.4, 0.5) is 0 Å². The number of hydrogen-bond acceptors (Lipinski definition) is 3. The van der Waals surface area contributed by atoms with Gasteiger partial charge < -0.3 is 5.32 Å². The second kappa shape index (κ2) is 6.50. The van der Waals surface area contributed by atoms with Gasteiger partial charge in [0, 0.05) is 18.7 Å². The number of nitrogens with one attached hydrogen (secondary N) is 1. The summed E-state index contributed by atoms with van der Waals surface area (Å²) in [6.07, 6.45) is 2.14. The van der Waals surface area contributed by atoms with Gasteiger partial charge in [0.15, 0.2) is 0 Å². The first kappa shape index (κ1) is 14.5. The van der Waals surface area contributed by atoms with E-state index in [1.54, 1.807) is 6.07 Å². The number of aryl methyl sites for hydroxylation is 1. The molecule has 1 aromatic heterocycles. The maximum Gasteiger partial charge on any atom is 0.251 e. The number of nitrogens with zero attached hydrogens (tertiary/aromatic N) is 3. The summed E-state index contributed by atoms with van der Waals surface area (Å²) in [5, 5.41) is 11.1. The molecule has 2 rings (SSSR count). The second-order valence-corrected chi connectivity index (χ2v) is 5.40. The van der Waals surface area contributed by atoms with Gasteiger partial charge in [0.1, 0.15) is 5.52 Å². The lowest BCUT2D eigenvalue weighted by atomic mass is 10.1. The highest BCUT2D eigenvalue weighted by atomic mass is 16.1. The van der Waals surface area contributed by atoms with Crippen LogP contribution in [-0.4, -0.2) is 27.4 Å². The molecule has 0 aliphatic heterocycles. The minimum atomic E-state index is -0.0401. The van der Waals surface area contributed by atoms with Gasteiger partial charge in [0.05, 0.1) is 5.52 Å². The average molecular weight is 274 g/mol. The predicted molar refractivity (Wildman–Crippen MR) is 79.6 cm³/mol. The van der Waals surface area contributed by atoms with Crippen molar-refractivity contribution in [1.29, 1.82) is 0 Å². The standard InChI is InChI=1S/C15H22N4O/c1-4-19-14-8-7-12(10-13(14)17-18-19)15(20)16-9-5-6-11(2)3/h7-8,10-11H,4-6,9H2,1-3H3,(H,16,20). The number of amides is 1. The van der Waals surface area contributed by atoms with Crippen molar-refractivity contribution in [3.8, 4) is 0 Å². The fourth-order valence-electron chi connectivity index (χ4n) is 2.16. The molecule has 2 aromatic rings. The molecule has 0 spiro atoms. The van der Waals surface area contributed by atoms with Crippen molar-refractivity contribution in [2.75, 3.05) is 6.54 Å². The summed E-state index contributed by atoms with van der Waals surface area (Å²) in [5.74, 6) is 0.633. The molecule has 5 heteroatoms. The van der Waals surface area contributed by atoms with Crippen LogP contribution >= 0.6 is 0 Å². The molecule has 1 N–H and O–H groups in total. The van der Waals surface area contributed by atoms with Crippen molar-refractivity contribution in [2.45, 2.75) is 40.2 Å². The lowest BCUT2D eigenvalue weighted by Crippen LogP contribution is -2.24. The van der Waals surface area contributed by atoms with E-state index < -0.39 is 0 Å². The van der Waals surface area contributed by atoms with E-state index in [0.29, 0.717) is 11.5 Å². The topological polar surface area (TPSA) is 59.8 Å². The van der Waals surface area contributed by atoms with Gasteiger partial charge in [-0.3, -0.25) is 4.79 Å². The first-order valence-electron chi connectivity index (χ1n) is 7.23.